The second kappa shape index (κ2) is 7.87. The zero-order valence-corrected chi connectivity index (χ0v) is 12.2. The molecule has 0 aliphatic rings. The lowest BCUT2D eigenvalue weighted by molar-refractivity contribution is -0.0498. The quantitative estimate of drug-likeness (QED) is 0.820. The molecule has 2 N–H and O–H groups in total. The van der Waals surface area contributed by atoms with Crippen molar-refractivity contribution in [1.82, 2.24) is 5.32 Å². The standard InChI is InChI=1S/C17H19F2NO2/c1-12(13-5-3-2-4-6-13)20-11-16(21)14-7-9-15(10-8-14)22-17(18)19/h2-10,12,16-17,20-21H,11H2,1H3. The van der Waals surface area contributed by atoms with E-state index in [0.717, 1.165) is 5.56 Å². The molecule has 5 heteroatoms. The van der Waals surface area contributed by atoms with E-state index >= 15 is 0 Å². The van der Waals surface area contributed by atoms with Gasteiger partial charge in [0.15, 0.2) is 0 Å². The summed E-state index contributed by atoms with van der Waals surface area (Å²) in [5, 5.41) is 13.4. The van der Waals surface area contributed by atoms with Crippen molar-refractivity contribution in [1.29, 1.82) is 0 Å². The lowest BCUT2D eigenvalue weighted by Gasteiger charge is -2.18. The molecule has 0 fully saturated rings. The summed E-state index contributed by atoms with van der Waals surface area (Å²) in [6.07, 6.45) is -0.716. The number of alkyl halides is 2. The van der Waals surface area contributed by atoms with Crippen LogP contribution >= 0.6 is 0 Å². The highest BCUT2D eigenvalue weighted by Crippen LogP contribution is 2.20. The molecule has 2 aromatic rings. The van der Waals surface area contributed by atoms with Gasteiger partial charge in [-0.25, -0.2) is 0 Å². The number of aliphatic hydroxyl groups excluding tert-OH is 1. The summed E-state index contributed by atoms with van der Waals surface area (Å²) < 4.78 is 28.4. The van der Waals surface area contributed by atoms with Gasteiger partial charge in [-0.2, -0.15) is 8.78 Å². The molecule has 0 aromatic heterocycles. The molecule has 22 heavy (non-hydrogen) atoms. The van der Waals surface area contributed by atoms with Crippen LogP contribution in [0.25, 0.3) is 0 Å². The van der Waals surface area contributed by atoms with Gasteiger partial charge in [0, 0.05) is 12.6 Å². The fraction of sp³-hybridized carbons (Fsp3) is 0.294. The molecule has 0 saturated carbocycles. The van der Waals surface area contributed by atoms with E-state index in [4.69, 9.17) is 0 Å². The Kier molecular flexibility index (Phi) is 5.86. The van der Waals surface area contributed by atoms with Gasteiger partial charge in [-0.1, -0.05) is 42.5 Å². The molecule has 0 radical (unpaired) electrons. The van der Waals surface area contributed by atoms with Crippen LogP contribution < -0.4 is 10.1 Å². The van der Waals surface area contributed by atoms with Crippen LogP contribution in [0, 0.1) is 0 Å². The predicted octanol–water partition coefficient (Wildman–Crippen LogP) is 3.67. The summed E-state index contributed by atoms with van der Waals surface area (Å²) in [7, 11) is 0. The number of nitrogens with one attached hydrogen (secondary N) is 1. The molecule has 0 spiro atoms. The van der Waals surface area contributed by atoms with Crippen LogP contribution in [0.5, 0.6) is 5.75 Å². The largest absolute Gasteiger partial charge is 0.435 e. The van der Waals surface area contributed by atoms with Crippen LogP contribution in [-0.4, -0.2) is 18.3 Å². The maximum Gasteiger partial charge on any atom is 0.387 e. The first-order valence-corrected chi connectivity index (χ1v) is 7.07. The van der Waals surface area contributed by atoms with E-state index in [1.54, 1.807) is 12.1 Å². The van der Waals surface area contributed by atoms with E-state index in [0.29, 0.717) is 12.1 Å². The van der Waals surface area contributed by atoms with Crippen molar-refractivity contribution < 1.29 is 18.6 Å². The number of ether oxygens (including phenoxy) is 1. The SMILES string of the molecule is CC(NCC(O)c1ccc(OC(F)F)cc1)c1ccccc1. The number of benzene rings is 2. The van der Waals surface area contributed by atoms with Crippen LogP contribution in [0.4, 0.5) is 8.78 Å². The average molecular weight is 307 g/mol. The summed E-state index contributed by atoms with van der Waals surface area (Å²) in [5.41, 5.74) is 1.78. The highest BCUT2D eigenvalue weighted by atomic mass is 19.3. The lowest BCUT2D eigenvalue weighted by Crippen LogP contribution is -2.24. The summed E-state index contributed by atoms with van der Waals surface area (Å²) >= 11 is 0. The molecule has 0 saturated heterocycles. The summed E-state index contributed by atoms with van der Waals surface area (Å²) in [4.78, 5) is 0. The number of aliphatic hydroxyl groups is 1. The summed E-state index contributed by atoms with van der Waals surface area (Å²) in [6, 6.07) is 16.0. The Labute approximate surface area is 128 Å². The van der Waals surface area contributed by atoms with Gasteiger partial charge in [0.25, 0.3) is 0 Å². The van der Waals surface area contributed by atoms with Crippen molar-refractivity contribution in [2.75, 3.05) is 6.54 Å². The molecule has 0 bridgehead atoms. The first kappa shape index (κ1) is 16.4. The van der Waals surface area contributed by atoms with E-state index < -0.39 is 12.7 Å². The lowest BCUT2D eigenvalue weighted by atomic mass is 10.1. The third-order valence-electron chi connectivity index (χ3n) is 3.41. The predicted molar refractivity (Wildman–Crippen MR) is 80.9 cm³/mol. The molecule has 0 heterocycles. The van der Waals surface area contributed by atoms with Gasteiger partial charge >= 0.3 is 6.61 Å². The first-order valence-electron chi connectivity index (χ1n) is 7.07. The monoisotopic (exact) mass is 307 g/mol. The third-order valence-corrected chi connectivity index (χ3v) is 3.41. The molecule has 2 rings (SSSR count). The fourth-order valence-corrected chi connectivity index (χ4v) is 2.14. The maximum atomic E-state index is 12.1. The summed E-state index contributed by atoms with van der Waals surface area (Å²) in [5.74, 6) is 0.0802. The van der Waals surface area contributed by atoms with Crippen LogP contribution in [0.2, 0.25) is 0 Å². The average Bonchev–Trinajstić information content (AvgIpc) is 2.53. The molecule has 2 aromatic carbocycles. The van der Waals surface area contributed by atoms with Crippen molar-refractivity contribution in [2.24, 2.45) is 0 Å². The third kappa shape index (κ3) is 4.79. The zero-order valence-electron chi connectivity index (χ0n) is 12.2. The Morgan fingerprint density at radius 2 is 1.64 bits per heavy atom. The van der Waals surface area contributed by atoms with Crippen molar-refractivity contribution in [3.05, 3.63) is 65.7 Å². The molecule has 2 atom stereocenters. The molecule has 3 nitrogen and oxygen atoms in total. The van der Waals surface area contributed by atoms with Crippen molar-refractivity contribution >= 4 is 0 Å². The molecule has 118 valence electrons. The Morgan fingerprint density at radius 1 is 1.00 bits per heavy atom. The van der Waals surface area contributed by atoms with Gasteiger partial charge in [0.2, 0.25) is 0 Å². The highest BCUT2D eigenvalue weighted by molar-refractivity contribution is 5.28. The number of halogens is 2. The van der Waals surface area contributed by atoms with Crippen LogP contribution in [0.1, 0.15) is 30.2 Å². The minimum absolute atomic E-state index is 0.0802. The van der Waals surface area contributed by atoms with Crippen molar-refractivity contribution in [2.45, 2.75) is 25.7 Å². The maximum absolute atomic E-state index is 12.1. The van der Waals surface area contributed by atoms with Crippen molar-refractivity contribution in [3.63, 3.8) is 0 Å². The van der Waals surface area contributed by atoms with Crippen molar-refractivity contribution in [3.8, 4) is 5.75 Å². The minimum Gasteiger partial charge on any atom is -0.435 e. The van der Waals surface area contributed by atoms with E-state index in [-0.39, 0.29) is 11.8 Å². The minimum atomic E-state index is -2.84. The van der Waals surface area contributed by atoms with Gasteiger partial charge in [0.05, 0.1) is 6.10 Å². The van der Waals surface area contributed by atoms with E-state index in [1.165, 1.54) is 12.1 Å². The van der Waals surface area contributed by atoms with E-state index in [2.05, 4.69) is 10.1 Å². The highest BCUT2D eigenvalue weighted by Gasteiger charge is 2.11. The van der Waals surface area contributed by atoms with E-state index in [1.807, 2.05) is 37.3 Å². The van der Waals surface area contributed by atoms with E-state index in [9.17, 15) is 13.9 Å². The second-order valence-electron chi connectivity index (χ2n) is 5.00. The Bertz CT molecular complexity index is 561. The normalized spacial score (nSPS) is 13.9. The van der Waals surface area contributed by atoms with Gasteiger partial charge < -0.3 is 15.2 Å². The molecular formula is C17H19F2NO2. The van der Waals surface area contributed by atoms with Crippen LogP contribution in [0.3, 0.4) is 0 Å². The smallest absolute Gasteiger partial charge is 0.387 e. The fourth-order valence-electron chi connectivity index (χ4n) is 2.14. The van der Waals surface area contributed by atoms with Gasteiger partial charge in [0.1, 0.15) is 5.75 Å². The molecule has 2 unspecified atom stereocenters. The molecule has 0 aliphatic heterocycles. The molecule has 0 amide bonds. The molecular weight excluding hydrogens is 288 g/mol. The molecule has 0 aliphatic carbocycles. The van der Waals surface area contributed by atoms with Gasteiger partial charge in [-0.05, 0) is 30.2 Å². The number of hydrogen-bond acceptors (Lipinski definition) is 3. The van der Waals surface area contributed by atoms with Gasteiger partial charge in [-0.3, -0.25) is 0 Å². The van der Waals surface area contributed by atoms with Crippen LogP contribution in [-0.2, 0) is 0 Å². The second-order valence-corrected chi connectivity index (χ2v) is 5.00. The Balaban J connectivity index is 1.88. The number of hydrogen-bond donors (Lipinski definition) is 2. The number of rotatable bonds is 7. The topological polar surface area (TPSA) is 41.5 Å². The Morgan fingerprint density at radius 3 is 2.23 bits per heavy atom. The van der Waals surface area contributed by atoms with Crippen LogP contribution in [0.15, 0.2) is 54.6 Å². The Hall–Kier alpha value is -1.98. The zero-order chi connectivity index (χ0) is 15.9. The first-order chi connectivity index (χ1) is 10.6. The summed E-state index contributed by atoms with van der Waals surface area (Å²) in [6.45, 7) is -0.462. The van der Waals surface area contributed by atoms with Gasteiger partial charge in [-0.15, -0.1) is 0 Å².